The van der Waals surface area contributed by atoms with Crippen LogP contribution in [0.1, 0.15) is 35.0 Å². The Labute approximate surface area is 194 Å². The van der Waals surface area contributed by atoms with Gasteiger partial charge in [-0.2, -0.15) is 0 Å². The van der Waals surface area contributed by atoms with Crippen LogP contribution in [0.15, 0.2) is 54.6 Å². The molecular formula is C26H31N3O4. The number of methoxy groups -OCH3 is 1. The molecule has 3 rings (SSSR count). The highest BCUT2D eigenvalue weighted by Gasteiger charge is 2.19. The first-order chi connectivity index (χ1) is 15.8. The summed E-state index contributed by atoms with van der Waals surface area (Å²) in [6, 6.07) is 17.4. The van der Waals surface area contributed by atoms with E-state index in [-0.39, 0.29) is 12.3 Å². The van der Waals surface area contributed by atoms with Crippen molar-refractivity contribution >= 4 is 11.9 Å². The first-order valence-corrected chi connectivity index (χ1v) is 10.9. The third-order valence-corrected chi connectivity index (χ3v) is 5.64. The largest absolute Gasteiger partial charge is 0.497 e. The second kappa shape index (κ2) is 10.4. The van der Waals surface area contributed by atoms with Crippen molar-refractivity contribution in [1.82, 2.24) is 14.6 Å². The molecule has 7 heteroatoms. The minimum atomic E-state index is -0.838. The van der Waals surface area contributed by atoms with Gasteiger partial charge in [0.25, 0.3) is 5.91 Å². The van der Waals surface area contributed by atoms with Crippen LogP contribution < -0.4 is 4.74 Å². The number of amides is 1. The SMILES string of the molecule is CCN(C(=O)c1ccc(-n2c(CCC(=O)O)ccc2-c2ccc(OC)cc2)c(C)c1)N(C)C. The quantitative estimate of drug-likeness (QED) is 0.490. The van der Waals surface area contributed by atoms with E-state index in [0.717, 1.165) is 34.0 Å². The zero-order valence-corrected chi connectivity index (χ0v) is 19.8. The summed E-state index contributed by atoms with van der Waals surface area (Å²) in [7, 11) is 5.32. The number of ether oxygens (including phenoxy) is 1. The summed E-state index contributed by atoms with van der Waals surface area (Å²) in [5.74, 6) is -0.135. The molecule has 0 aliphatic carbocycles. The van der Waals surface area contributed by atoms with Gasteiger partial charge in [0.1, 0.15) is 5.75 Å². The van der Waals surface area contributed by atoms with Gasteiger partial charge in [-0.3, -0.25) is 14.6 Å². The van der Waals surface area contributed by atoms with E-state index >= 15 is 0 Å². The third kappa shape index (κ3) is 5.26. The number of rotatable bonds is 9. The van der Waals surface area contributed by atoms with Crippen molar-refractivity contribution in [1.29, 1.82) is 0 Å². The van der Waals surface area contributed by atoms with Crippen molar-refractivity contribution in [2.75, 3.05) is 27.7 Å². The van der Waals surface area contributed by atoms with Gasteiger partial charge in [0.05, 0.1) is 19.2 Å². The van der Waals surface area contributed by atoms with Crippen LogP contribution in [0.4, 0.5) is 0 Å². The van der Waals surface area contributed by atoms with Gasteiger partial charge in [-0.05, 0) is 86.0 Å². The highest BCUT2D eigenvalue weighted by atomic mass is 16.5. The van der Waals surface area contributed by atoms with E-state index in [1.807, 2.05) is 82.5 Å². The number of aryl methyl sites for hydroxylation is 2. The number of hydrazine groups is 1. The molecule has 33 heavy (non-hydrogen) atoms. The van der Waals surface area contributed by atoms with Gasteiger partial charge in [-0.1, -0.05) is 0 Å². The van der Waals surface area contributed by atoms with Crippen LogP contribution in [0.2, 0.25) is 0 Å². The average Bonchev–Trinajstić information content (AvgIpc) is 3.21. The molecular weight excluding hydrogens is 418 g/mol. The van der Waals surface area contributed by atoms with E-state index in [2.05, 4.69) is 4.57 Å². The Kier molecular flexibility index (Phi) is 7.55. The number of benzene rings is 2. The van der Waals surface area contributed by atoms with Gasteiger partial charge < -0.3 is 14.4 Å². The molecule has 0 atom stereocenters. The Morgan fingerprint density at radius 1 is 1.03 bits per heavy atom. The lowest BCUT2D eigenvalue weighted by atomic mass is 10.1. The van der Waals surface area contributed by atoms with Crippen LogP contribution in [-0.2, 0) is 11.2 Å². The Balaban J connectivity index is 2.08. The third-order valence-electron chi connectivity index (χ3n) is 5.64. The molecule has 0 saturated heterocycles. The van der Waals surface area contributed by atoms with E-state index in [9.17, 15) is 14.7 Å². The van der Waals surface area contributed by atoms with Gasteiger partial charge in [0.15, 0.2) is 0 Å². The summed E-state index contributed by atoms with van der Waals surface area (Å²) in [6.07, 6.45) is 0.436. The summed E-state index contributed by atoms with van der Waals surface area (Å²) in [6.45, 7) is 4.48. The minimum Gasteiger partial charge on any atom is -0.497 e. The van der Waals surface area contributed by atoms with Crippen molar-refractivity contribution < 1.29 is 19.4 Å². The predicted molar refractivity (Wildman–Crippen MR) is 129 cm³/mol. The van der Waals surface area contributed by atoms with E-state index in [1.54, 1.807) is 17.1 Å². The maximum atomic E-state index is 13.0. The van der Waals surface area contributed by atoms with Gasteiger partial charge in [0, 0.05) is 37.6 Å². The molecule has 0 saturated carbocycles. The molecule has 2 aromatic carbocycles. The molecule has 0 aliphatic heterocycles. The second-order valence-electron chi connectivity index (χ2n) is 8.04. The molecule has 0 spiro atoms. The van der Waals surface area contributed by atoms with Crippen molar-refractivity contribution in [3.8, 4) is 22.7 Å². The van der Waals surface area contributed by atoms with Gasteiger partial charge in [0.2, 0.25) is 0 Å². The van der Waals surface area contributed by atoms with Crippen molar-refractivity contribution in [2.24, 2.45) is 0 Å². The Morgan fingerprint density at radius 2 is 1.73 bits per heavy atom. The van der Waals surface area contributed by atoms with Crippen LogP contribution in [-0.4, -0.2) is 59.3 Å². The number of aliphatic carboxylic acids is 1. The van der Waals surface area contributed by atoms with Crippen LogP contribution in [0.3, 0.4) is 0 Å². The number of aromatic nitrogens is 1. The Bertz CT molecular complexity index is 1130. The summed E-state index contributed by atoms with van der Waals surface area (Å²) < 4.78 is 7.36. The van der Waals surface area contributed by atoms with Gasteiger partial charge in [-0.25, -0.2) is 5.01 Å². The minimum absolute atomic E-state index is 0.0377. The molecule has 0 radical (unpaired) electrons. The lowest BCUT2D eigenvalue weighted by Crippen LogP contribution is -2.41. The maximum absolute atomic E-state index is 13.0. The van der Waals surface area contributed by atoms with Crippen LogP contribution >= 0.6 is 0 Å². The summed E-state index contributed by atoms with van der Waals surface area (Å²) in [5.41, 5.74) is 5.28. The monoisotopic (exact) mass is 449 g/mol. The topological polar surface area (TPSA) is 75.0 Å². The molecule has 0 fully saturated rings. The smallest absolute Gasteiger partial charge is 0.303 e. The molecule has 0 aliphatic rings. The Morgan fingerprint density at radius 3 is 2.27 bits per heavy atom. The fourth-order valence-corrected chi connectivity index (χ4v) is 3.98. The zero-order valence-electron chi connectivity index (χ0n) is 19.8. The van der Waals surface area contributed by atoms with Crippen molar-refractivity contribution in [3.63, 3.8) is 0 Å². The lowest BCUT2D eigenvalue weighted by Gasteiger charge is -2.28. The first-order valence-electron chi connectivity index (χ1n) is 10.9. The summed E-state index contributed by atoms with van der Waals surface area (Å²) in [4.78, 5) is 24.2. The van der Waals surface area contributed by atoms with Crippen LogP contribution in [0.25, 0.3) is 16.9 Å². The molecule has 0 unspecified atom stereocenters. The van der Waals surface area contributed by atoms with E-state index in [4.69, 9.17) is 4.74 Å². The van der Waals surface area contributed by atoms with E-state index in [0.29, 0.717) is 18.5 Å². The summed E-state index contributed by atoms with van der Waals surface area (Å²) in [5, 5.41) is 12.7. The molecule has 7 nitrogen and oxygen atoms in total. The Hall–Kier alpha value is -3.58. The predicted octanol–water partition coefficient (Wildman–Crippen LogP) is 4.42. The second-order valence-corrected chi connectivity index (χ2v) is 8.04. The first kappa shape index (κ1) is 24.1. The molecule has 1 N–H and O–H groups in total. The summed E-state index contributed by atoms with van der Waals surface area (Å²) >= 11 is 0. The highest BCUT2D eigenvalue weighted by Crippen LogP contribution is 2.30. The average molecular weight is 450 g/mol. The lowest BCUT2D eigenvalue weighted by molar-refractivity contribution is -0.136. The number of hydrogen-bond donors (Lipinski definition) is 1. The maximum Gasteiger partial charge on any atom is 0.303 e. The number of carbonyl (C=O) groups excluding carboxylic acids is 1. The highest BCUT2D eigenvalue weighted by molar-refractivity contribution is 5.94. The fourth-order valence-electron chi connectivity index (χ4n) is 3.98. The number of hydrogen-bond acceptors (Lipinski definition) is 4. The van der Waals surface area contributed by atoms with Gasteiger partial charge in [-0.15, -0.1) is 0 Å². The van der Waals surface area contributed by atoms with Crippen molar-refractivity contribution in [2.45, 2.75) is 26.7 Å². The zero-order chi connectivity index (χ0) is 24.1. The fraction of sp³-hybridized carbons (Fsp3) is 0.308. The molecule has 174 valence electrons. The number of carboxylic acids is 1. The van der Waals surface area contributed by atoms with E-state index in [1.165, 1.54) is 0 Å². The van der Waals surface area contributed by atoms with Crippen LogP contribution in [0, 0.1) is 6.92 Å². The standard InChI is InChI=1S/C26H31N3O4/c1-6-28(27(3)4)26(32)20-9-14-23(18(2)17-20)29-21(11-16-25(30)31)10-15-24(29)19-7-12-22(33-5)13-8-19/h7-10,12-15,17H,6,11,16H2,1-5H3,(H,30,31). The normalized spacial score (nSPS) is 11.0. The molecule has 0 bridgehead atoms. The number of carbonyl (C=O) groups is 2. The van der Waals surface area contributed by atoms with Gasteiger partial charge >= 0.3 is 5.97 Å². The number of nitrogens with zero attached hydrogens (tertiary/aromatic N) is 3. The molecule has 3 aromatic rings. The molecule has 1 aromatic heterocycles. The number of carboxylic acid groups (broad SMARTS) is 1. The molecule has 1 heterocycles. The van der Waals surface area contributed by atoms with Crippen LogP contribution in [0.5, 0.6) is 5.75 Å². The molecule has 1 amide bonds. The van der Waals surface area contributed by atoms with Crippen molar-refractivity contribution in [3.05, 3.63) is 71.4 Å². The van der Waals surface area contributed by atoms with E-state index < -0.39 is 5.97 Å².